The minimum Gasteiger partial charge on any atom is -0.369 e. The fourth-order valence-corrected chi connectivity index (χ4v) is 3.04. The van der Waals surface area contributed by atoms with Crippen LogP contribution in [0, 0.1) is 6.92 Å². The van der Waals surface area contributed by atoms with Crippen molar-refractivity contribution >= 4 is 11.6 Å². The Hall–Kier alpha value is -2.88. The zero-order valence-electron chi connectivity index (χ0n) is 15.7. The quantitative estimate of drug-likeness (QED) is 0.693. The topological polar surface area (TPSA) is 49.8 Å². The van der Waals surface area contributed by atoms with E-state index >= 15 is 0 Å². The lowest BCUT2D eigenvalue weighted by atomic mass is 9.99. The van der Waals surface area contributed by atoms with Gasteiger partial charge in [-0.1, -0.05) is 44.2 Å². The molecule has 0 atom stereocenters. The van der Waals surface area contributed by atoms with Crippen molar-refractivity contribution in [1.82, 2.24) is 9.97 Å². The van der Waals surface area contributed by atoms with Crippen LogP contribution in [0.3, 0.4) is 0 Å². The number of aromatic nitrogens is 2. The minimum absolute atomic E-state index is 0.770. The summed E-state index contributed by atoms with van der Waals surface area (Å²) in [4.78, 5) is 8.78. The van der Waals surface area contributed by atoms with E-state index in [2.05, 4.69) is 57.0 Å². The van der Waals surface area contributed by atoms with Crippen LogP contribution in [0.15, 0.2) is 54.9 Å². The molecular weight excluding hydrogens is 320 g/mol. The molecule has 4 heteroatoms. The summed E-state index contributed by atoms with van der Waals surface area (Å²) in [5, 5.41) is 6.69. The predicted octanol–water partition coefficient (Wildman–Crippen LogP) is 5.06. The molecule has 0 unspecified atom stereocenters. The Bertz CT molecular complexity index is 839. The van der Waals surface area contributed by atoms with Crippen molar-refractivity contribution in [2.24, 2.45) is 0 Å². The van der Waals surface area contributed by atoms with Crippen molar-refractivity contribution in [3.63, 3.8) is 0 Å². The molecule has 0 spiro atoms. The van der Waals surface area contributed by atoms with E-state index in [1.807, 2.05) is 39.2 Å². The average Bonchev–Trinajstić information content (AvgIpc) is 3.18. The number of hydrogen-bond acceptors (Lipinski definition) is 4. The molecule has 0 radical (unpaired) electrons. The zero-order valence-corrected chi connectivity index (χ0v) is 15.7. The summed E-state index contributed by atoms with van der Waals surface area (Å²) in [5.41, 5.74) is 6.26. The van der Waals surface area contributed by atoms with Crippen LogP contribution in [0.2, 0.25) is 0 Å². The third-order valence-corrected chi connectivity index (χ3v) is 4.37. The van der Waals surface area contributed by atoms with E-state index in [9.17, 15) is 0 Å². The maximum atomic E-state index is 4.40. The summed E-state index contributed by atoms with van der Waals surface area (Å²) < 4.78 is 0. The van der Waals surface area contributed by atoms with Crippen molar-refractivity contribution in [2.45, 2.75) is 33.7 Å². The number of nitrogens with one attached hydrogen (secondary N) is 2. The maximum absolute atomic E-state index is 4.40. The van der Waals surface area contributed by atoms with Gasteiger partial charge in [0.05, 0.1) is 0 Å². The van der Waals surface area contributed by atoms with E-state index in [4.69, 9.17) is 0 Å². The molecule has 26 heavy (non-hydrogen) atoms. The molecular formula is C22H26N4. The number of benzene rings is 1. The van der Waals surface area contributed by atoms with Gasteiger partial charge in [-0.05, 0) is 47.7 Å². The van der Waals surface area contributed by atoms with Crippen molar-refractivity contribution in [1.29, 1.82) is 0 Å². The van der Waals surface area contributed by atoms with Gasteiger partial charge in [0.2, 0.25) is 0 Å². The van der Waals surface area contributed by atoms with Crippen molar-refractivity contribution in [3.8, 4) is 11.1 Å². The Balaban J connectivity index is 0.000000948. The zero-order chi connectivity index (χ0) is 18.4. The summed E-state index contributed by atoms with van der Waals surface area (Å²) in [7, 11) is 0. The second-order valence-electron chi connectivity index (χ2n) is 6.13. The summed E-state index contributed by atoms with van der Waals surface area (Å²) in [6, 6.07) is 14.9. The molecule has 0 aliphatic carbocycles. The van der Waals surface area contributed by atoms with Gasteiger partial charge in [-0.15, -0.1) is 0 Å². The predicted molar refractivity (Wildman–Crippen MR) is 110 cm³/mol. The Morgan fingerprint density at radius 1 is 1.00 bits per heavy atom. The molecule has 1 aliphatic rings. The van der Waals surface area contributed by atoms with Gasteiger partial charge in [-0.2, -0.15) is 0 Å². The Morgan fingerprint density at radius 2 is 1.81 bits per heavy atom. The first-order valence-electron chi connectivity index (χ1n) is 9.27. The molecule has 0 saturated carbocycles. The first-order chi connectivity index (χ1) is 12.8. The number of pyridine rings is 2. The second-order valence-corrected chi connectivity index (χ2v) is 6.13. The lowest BCUT2D eigenvalue weighted by molar-refractivity contribution is 1.10. The SMILES string of the molecule is CC.Cc1ccc(NCc2ccc(-c3ccnc4c3CCN4)cc2)nc1. The van der Waals surface area contributed by atoms with Crippen molar-refractivity contribution < 1.29 is 0 Å². The molecule has 2 N–H and O–H groups in total. The van der Waals surface area contributed by atoms with Crippen LogP contribution in [0.1, 0.15) is 30.5 Å². The van der Waals surface area contributed by atoms with Gasteiger partial charge >= 0.3 is 0 Å². The van der Waals surface area contributed by atoms with E-state index in [-0.39, 0.29) is 0 Å². The van der Waals surface area contributed by atoms with Crippen LogP contribution < -0.4 is 10.6 Å². The van der Waals surface area contributed by atoms with Gasteiger partial charge in [0.15, 0.2) is 0 Å². The fourth-order valence-electron chi connectivity index (χ4n) is 3.04. The molecule has 134 valence electrons. The maximum Gasteiger partial charge on any atom is 0.129 e. The number of anilines is 2. The number of nitrogens with zero attached hydrogens (tertiary/aromatic N) is 2. The first-order valence-corrected chi connectivity index (χ1v) is 9.27. The summed E-state index contributed by atoms with van der Waals surface area (Å²) in [5.74, 6) is 1.94. The average molecular weight is 346 g/mol. The Labute approximate surface area is 155 Å². The highest BCUT2D eigenvalue weighted by Crippen LogP contribution is 2.31. The summed E-state index contributed by atoms with van der Waals surface area (Å²) >= 11 is 0. The largest absolute Gasteiger partial charge is 0.369 e. The molecule has 0 saturated heterocycles. The van der Waals surface area contributed by atoms with Crippen molar-refractivity contribution in [2.75, 3.05) is 17.2 Å². The number of rotatable bonds is 4. The smallest absolute Gasteiger partial charge is 0.129 e. The van der Waals surface area contributed by atoms with Crippen LogP contribution in [0.5, 0.6) is 0 Å². The van der Waals surface area contributed by atoms with Gasteiger partial charge in [0.25, 0.3) is 0 Å². The molecule has 0 fully saturated rings. The molecule has 3 aromatic rings. The Kier molecular flexibility index (Phi) is 5.84. The normalized spacial score (nSPS) is 11.8. The monoisotopic (exact) mass is 346 g/mol. The number of fused-ring (bicyclic) bond motifs is 1. The summed E-state index contributed by atoms with van der Waals surface area (Å²) in [6.45, 7) is 7.79. The summed E-state index contributed by atoms with van der Waals surface area (Å²) in [6.07, 6.45) is 4.80. The molecule has 1 aliphatic heterocycles. The van der Waals surface area contributed by atoms with Crippen LogP contribution in [-0.2, 0) is 13.0 Å². The van der Waals surface area contributed by atoms with E-state index in [0.29, 0.717) is 0 Å². The highest BCUT2D eigenvalue weighted by Gasteiger charge is 2.15. The standard InChI is InChI=1S/C20H20N4.C2H6/c1-14-2-7-19(23-12-14)24-13-15-3-5-16(6-4-15)17-8-10-21-20-18(17)9-11-22-20;1-2/h2-8,10,12H,9,11,13H2,1H3,(H,21,22)(H,23,24);1-2H3. The van der Waals surface area contributed by atoms with E-state index in [1.54, 1.807) is 0 Å². The molecule has 4 rings (SSSR count). The van der Waals surface area contributed by atoms with Crippen LogP contribution in [-0.4, -0.2) is 16.5 Å². The lowest BCUT2D eigenvalue weighted by Gasteiger charge is -2.09. The molecule has 1 aromatic carbocycles. The number of hydrogen-bond donors (Lipinski definition) is 2. The van der Waals surface area contributed by atoms with Gasteiger partial charge in [0.1, 0.15) is 11.6 Å². The molecule has 2 aromatic heterocycles. The van der Waals surface area contributed by atoms with Crippen LogP contribution >= 0.6 is 0 Å². The third-order valence-electron chi connectivity index (χ3n) is 4.37. The van der Waals surface area contributed by atoms with Gasteiger partial charge in [-0.25, -0.2) is 9.97 Å². The van der Waals surface area contributed by atoms with Gasteiger partial charge in [0, 0.05) is 31.0 Å². The first kappa shape index (κ1) is 17.9. The minimum atomic E-state index is 0.770. The van der Waals surface area contributed by atoms with E-state index in [0.717, 1.165) is 31.1 Å². The van der Waals surface area contributed by atoms with E-state index in [1.165, 1.54) is 27.8 Å². The van der Waals surface area contributed by atoms with Gasteiger partial charge < -0.3 is 10.6 Å². The third kappa shape index (κ3) is 4.02. The fraction of sp³-hybridized carbons (Fsp3) is 0.273. The molecule has 4 nitrogen and oxygen atoms in total. The molecule has 0 bridgehead atoms. The van der Waals surface area contributed by atoms with Crippen LogP contribution in [0.25, 0.3) is 11.1 Å². The molecule has 3 heterocycles. The lowest BCUT2D eigenvalue weighted by Crippen LogP contribution is -2.01. The van der Waals surface area contributed by atoms with Crippen LogP contribution in [0.4, 0.5) is 11.6 Å². The van der Waals surface area contributed by atoms with Gasteiger partial charge in [-0.3, -0.25) is 0 Å². The number of aryl methyl sites for hydroxylation is 1. The van der Waals surface area contributed by atoms with Crippen molar-refractivity contribution in [3.05, 3.63) is 71.5 Å². The Morgan fingerprint density at radius 3 is 2.54 bits per heavy atom. The highest BCUT2D eigenvalue weighted by atomic mass is 15.0. The van der Waals surface area contributed by atoms with E-state index < -0.39 is 0 Å². The molecule has 0 amide bonds. The second kappa shape index (κ2) is 8.48. The highest BCUT2D eigenvalue weighted by molar-refractivity contribution is 5.73.